The minimum Gasteiger partial charge on any atom is -0.385 e. The zero-order chi connectivity index (χ0) is 14.0. The normalized spacial score (nSPS) is 28.1. The van der Waals surface area contributed by atoms with Gasteiger partial charge >= 0.3 is 0 Å². The Labute approximate surface area is 118 Å². The molecule has 1 aromatic carbocycles. The fourth-order valence-corrected chi connectivity index (χ4v) is 3.58. The molecule has 2 rings (SSSR count). The minimum atomic E-state index is -0.609. The van der Waals surface area contributed by atoms with Gasteiger partial charge in [0.05, 0.1) is 5.60 Å². The summed E-state index contributed by atoms with van der Waals surface area (Å²) in [7, 11) is 0. The third-order valence-electron chi connectivity index (χ3n) is 4.82. The van der Waals surface area contributed by atoms with Crippen LogP contribution in [0.1, 0.15) is 70.4 Å². The quantitative estimate of drug-likeness (QED) is 0.824. The van der Waals surface area contributed by atoms with E-state index in [1.165, 1.54) is 12.0 Å². The van der Waals surface area contributed by atoms with Crippen LogP contribution < -0.4 is 0 Å². The SMILES string of the molecule is CC(C)c1ccc(C2(O)CCCCC2C(C)C)cc1. The lowest BCUT2D eigenvalue weighted by molar-refractivity contribution is -0.0721. The Balaban J connectivity index is 2.31. The lowest BCUT2D eigenvalue weighted by Crippen LogP contribution is -2.40. The predicted molar refractivity (Wildman–Crippen MR) is 81.2 cm³/mol. The fraction of sp³-hybridized carbons (Fsp3) is 0.667. The molecule has 0 saturated heterocycles. The average molecular weight is 260 g/mol. The molecule has 0 amide bonds. The molecular weight excluding hydrogens is 232 g/mol. The summed E-state index contributed by atoms with van der Waals surface area (Å²) in [6.45, 7) is 8.90. The Bertz CT molecular complexity index is 404. The summed E-state index contributed by atoms with van der Waals surface area (Å²) in [5.41, 5.74) is 1.86. The largest absolute Gasteiger partial charge is 0.385 e. The maximum atomic E-state index is 11.2. The smallest absolute Gasteiger partial charge is 0.0927 e. The summed E-state index contributed by atoms with van der Waals surface area (Å²) in [5, 5.41) is 11.2. The summed E-state index contributed by atoms with van der Waals surface area (Å²) in [4.78, 5) is 0. The second-order valence-corrected chi connectivity index (χ2v) is 6.80. The molecule has 19 heavy (non-hydrogen) atoms. The van der Waals surface area contributed by atoms with E-state index in [2.05, 4.69) is 52.0 Å². The number of hydrogen-bond donors (Lipinski definition) is 1. The van der Waals surface area contributed by atoms with Gasteiger partial charge < -0.3 is 5.11 Å². The lowest BCUT2D eigenvalue weighted by Gasteiger charge is -2.43. The molecule has 2 atom stereocenters. The van der Waals surface area contributed by atoms with E-state index in [4.69, 9.17) is 0 Å². The van der Waals surface area contributed by atoms with Crippen molar-refractivity contribution < 1.29 is 5.11 Å². The molecule has 0 radical (unpaired) electrons. The molecule has 2 unspecified atom stereocenters. The second-order valence-electron chi connectivity index (χ2n) is 6.80. The monoisotopic (exact) mass is 260 g/mol. The molecule has 0 heterocycles. The van der Waals surface area contributed by atoms with Crippen molar-refractivity contribution in [2.24, 2.45) is 11.8 Å². The third-order valence-corrected chi connectivity index (χ3v) is 4.82. The van der Waals surface area contributed by atoms with Gasteiger partial charge in [-0.05, 0) is 41.7 Å². The third kappa shape index (κ3) is 2.86. The van der Waals surface area contributed by atoms with Crippen LogP contribution in [-0.4, -0.2) is 5.11 Å². The first kappa shape index (κ1) is 14.6. The van der Waals surface area contributed by atoms with E-state index < -0.39 is 5.60 Å². The molecule has 1 fully saturated rings. The van der Waals surface area contributed by atoms with Crippen LogP contribution >= 0.6 is 0 Å². The Morgan fingerprint density at radius 2 is 1.68 bits per heavy atom. The number of hydrogen-bond acceptors (Lipinski definition) is 1. The standard InChI is InChI=1S/C18H28O/c1-13(2)15-8-10-16(11-9-15)18(19)12-6-5-7-17(18)14(3)4/h8-11,13-14,17,19H,5-7,12H2,1-4H3. The highest BCUT2D eigenvalue weighted by atomic mass is 16.3. The van der Waals surface area contributed by atoms with E-state index >= 15 is 0 Å². The van der Waals surface area contributed by atoms with Crippen LogP contribution in [0.15, 0.2) is 24.3 Å². The second kappa shape index (κ2) is 5.66. The van der Waals surface area contributed by atoms with Crippen molar-refractivity contribution in [3.05, 3.63) is 35.4 Å². The summed E-state index contributed by atoms with van der Waals surface area (Å²) in [5.74, 6) is 1.48. The highest BCUT2D eigenvalue weighted by molar-refractivity contribution is 5.30. The molecule has 106 valence electrons. The molecule has 1 N–H and O–H groups in total. The number of aliphatic hydroxyl groups is 1. The van der Waals surface area contributed by atoms with E-state index in [9.17, 15) is 5.11 Å². The van der Waals surface area contributed by atoms with Crippen LogP contribution in [0.5, 0.6) is 0 Å². The summed E-state index contributed by atoms with van der Waals surface area (Å²) < 4.78 is 0. The zero-order valence-electron chi connectivity index (χ0n) is 12.8. The van der Waals surface area contributed by atoms with Crippen LogP contribution in [-0.2, 0) is 5.60 Å². The van der Waals surface area contributed by atoms with E-state index in [1.54, 1.807) is 0 Å². The van der Waals surface area contributed by atoms with Crippen LogP contribution in [0.4, 0.5) is 0 Å². The zero-order valence-corrected chi connectivity index (χ0v) is 12.8. The number of rotatable bonds is 3. The van der Waals surface area contributed by atoms with Gasteiger partial charge in [0.15, 0.2) is 0 Å². The van der Waals surface area contributed by atoms with Crippen LogP contribution in [0.25, 0.3) is 0 Å². The maximum absolute atomic E-state index is 11.2. The van der Waals surface area contributed by atoms with Gasteiger partial charge in [0.1, 0.15) is 0 Å². The van der Waals surface area contributed by atoms with E-state index in [0.29, 0.717) is 17.8 Å². The Morgan fingerprint density at radius 3 is 2.21 bits per heavy atom. The molecular formula is C18H28O. The Kier molecular flexibility index (Phi) is 4.35. The average Bonchev–Trinajstić information content (AvgIpc) is 2.39. The predicted octanol–water partition coefficient (Wildman–Crippen LogP) is 4.84. The fourth-order valence-electron chi connectivity index (χ4n) is 3.58. The van der Waals surface area contributed by atoms with Crippen molar-refractivity contribution in [3.8, 4) is 0 Å². The van der Waals surface area contributed by atoms with Crippen LogP contribution in [0.3, 0.4) is 0 Å². The molecule has 1 saturated carbocycles. The first-order valence-corrected chi connectivity index (χ1v) is 7.78. The van der Waals surface area contributed by atoms with Gasteiger partial charge in [0.25, 0.3) is 0 Å². The van der Waals surface area contributed by atoms with Gasteiger partial charge in [-0.3, -0.25) is 0 Å². The topological polar surface area (TPSA) is 20.2 Å². The van der Waals surface area contributed by atoms with Gasteiger partial charge in [-0.2, -0.15) is 0 Å². The molecule has 0 aliphatic heterocycles. The first-order chi connectivity index (χ1) is 8.95. The highest BCUT2D eigenvalue weighted by Gasteiger charge is 2.41. The van der Waals surface area contributed by atoms with Crippen molar-refractivity contribution in [2.75, 3.05) is 0 Å². The first-order valence-electron chi connectivity index (χ1n) is 7.78. The van der Waals surface area contributed by atoms with Gasteiger partial charge in [-0.1, -0.05) is 64.8 Å². The summed E-state index contributed by atoms with van der Waals surface area (Å²) >= 11 is 0. The van der Waals surface area contributed by atoms with Gasteiger partial charge in [-0.25, -0.2) is 0 Å². The number of benzene rings is 1. The van der Waals surface area contributed by atoms with Crippen molar-refractivity contribution in [3.63, 3.8) is 0 Å². The molecule has 1 aliphatic rings. The molecule has 0 aromatic heterocycles. The van der Waals surface area contributed by atoms with E-state index in [0.717, 1.165) is 24.8 Å². The molecule has 0 bridgehead atoms. The van der Waals surface area contributed by atoms with Crippen molar-refractivity contribution in [2.45, 2.75) is 64.9 Å². The van der Waals surface area contributed by atoms with Gasteiger partial charge in [0, 0.05) is 0 Å². The van der Waals surface area contributed by atoms with E-state index in [-0.39, 0.29) is 0 Å². The molecule has 0 spiro atoms. The van der Waals surface area contributed by atoms with E-state index in [1.807, 2.05) is 0 Å². The van der Waals surface area contributed by atoms with Crippen molar-refractivity contribution >= 4 is 0 Å². The van der Waals surface area contributed by atoms with Crippen molar-refractivity contribution in [1.29, 1.82) is 0 Å². The van der Waals surface area contributed by atoms with Crippen LogP contribution in [0, 0.1) is 11.8 Å². The van der Waals surface area contributed by atoms with Gasteiger partial charge in [0.2, 0.25) is 0 Å². The minimum absolute atomic E-state index is 0.395. The summed E-state index contributed by atoms with van der Waals surface area (Å²) in [6, 6.07) is 8.67. The Hall–Kier alpha value is -0.820. The molecule has 1 nitrogen and oxygen atoms in total. The van der Waals surface area contributed by atoms with Crippen molar-refractivity contribution in [1.82, 2.24) is 0 Å². The lowest BCUT2D eigenvalue weighted by atomic mass is 9.67. The van der Waals surface area contributed by atoms with Gasteiger partial charge in [-0.15, -0.1) is 0 Å². The summed E-state index contributed by atoms with van der Waals surface area (Å²) in [6.07, 6.45) is 4.47. The Morgan fingerprint density at radius 1 is 1.05 bits per heavy atom. The maximum Gasteiger partial charge on any atom is 0.0927 e. The highest BCUT2D eigenvalue weighted by Crippen LogP contribution is 2.45. The molecule has 1 aromatic rings. The molecule has 1 heteroatoms. The molecule has 1 aliphatic carbocycles. The van der Waals surface area contributed by atoms with Crippen LogP contribution in [0.2, 0.25) is 0 Å².